The number of esters is 1. The van der Waals surface area contributed by atoms with Crippen LogP contribution in [0.3, 0.4) is 0 Å². The highest BCUT2D eigenvalue weighted by Crippen LogP contribution is 2.42. The zero-order chi connectivity index (χ0) is 25.3. The second-order valence-corrected chi connectivity index (χ2v) is 7.90. The van der Waals surface area contributed by atoms with Crippen LogP contribution in [0.2, 0.25) is 0 Å². The second kappa shape index (κ2) is 10.2. The molecule has 0 amide bonds. The Morgan fingerprint density at radius 2 is 1.09 bits per heavy atom. The van der Waals surface area contributed by atoms with Crippen LogP contribution in [0.1, 0.15) is 46.0 Å². The van der Waals surface area contributed by atoms with Gasteiger partial charge in [-0.25, -0.2) is 17.6 Å². The average Bonchev–Trinajstić information content (AvgIpc) is 2.84. The summed E-state index contributed by atoms with van der Waals surface area (Å²) in [4.78, 5) is 12.3. The molecule has 1 fully saturated rings. The van der Waals surface area contributed by atoms with E-state index in [0.717, 1.165) is 6.42 Å². The zero-order valence-corrected chi connectivity index (χ0v) is 18.1. The molecular formula is C23H20F8O3. The maximum absolute atomic E-state index is 14.7. The molecule has 0 heterocycles. The van der Waals surface area contributed by atoms with Gasteiger partial charge < -0.3 is 9.47 Å². The topological polar surface area (TPSA) is 35.5 Å². The molecule has 0 atom stereocenters. The van der Waals surface area contributed by atoms with Gasteiger partial charge in [0.05, 0.1) is 23.7 Å². The van der Waals surface area contributed by atoms with E-state index in [2.05, 4.69) is 9.47 Å². The summed E-state index contributed by atoms with van der Waals surface area (Å²) in [5, 5.41) is 0. The molecule has 0 aliphatic heterocycles. The third-order valence-corrected chi connectivity index (χ3v) is 5.94. The molecule has 0 radical (unpaired) electrons. The van der Waals surface area contributed by atoms with Crippen molar-refractivity contribution in [2.45, 2.75) is 46.0 Å². The molecule has 0 saturated heterocycles. The summed E-state index contributed by atoms with van der Waals surface area (Å²) in [5.74, 6) is -23.2. The first kappa shape index (κ1) is 25.8. The van der Waals surface area contributed by atoms with Gasteiger partial charge in [-0.05, 0) is 38.5 Å². The molecule has 1 aliphatic rings. The molecule has 1 saturated carbocycles. The maximum atomic E-state index is 14.7. The molecular weight excluding hydrogens is 476 g/mol. The van der Waals surface area contributed by atoms with Crippen LogP contribution in [-0.4, -0.2) is 12.6 Å². The van der Waals surface area contributed by atoms with Crippen molar-refractivity contribution in [3.63, 3.8) is 0 Å². The Morgan fingerprint density at radius 1 is 0.676 bits per heavy atom. The number of halogens is 8. The minimum absolute atomic E-state index is 0.338. The monoisotopic (exact) mass is 496 g/mol. The van der Waals surface area contributed by atoms with E-state index >= 15 is 0 Å². The van der Waals surface area contributed by atoms with E-state index in [1.165, 1.54) is 6.92 Å². The van der Waals surface area contributed by atoms with Crippen molar-refractivity contribution in [1.82, 2.24) is 0 Å². The van der Waals surface area contributed by atoms with E-state index in [1.807, 2.05) is 6.92 Å². The Kier molecular flexibility index (Phi) is 7.72. The van der Waals surface area contributed by atoms with Gasteiger partial charge in [0.1, 0.15) is 0 Å². The van der Waals surface area contributed by atoms with Crippen molar-refractivity contribution in [1.29, 1.82) is 0 Å². The minimum Gasteiger partial charge on any atom is -0.488 e. The fraction of sp³-hybridized carbons (Fsp3) is 0.435. The van der Waals surface area contributed by atoms with Crippen LogP contribution in [0.25, 0.3) is 11.1 Å². The molecule has 0 spiro atoms. The number of hydrogen-bond acceptors (Lipinski definition) is 3. The molecule has 3 rings (SSSR count). The Hall–Kier alpha value is -2.85. The highest BCUT2D eigenvalue weighted by atomic mass is 19.2. The number of benzene rings is 2. The zero-order valence-electron chi connectivity index (χ0n) is 18.1. The molecule has 0 bridgehead atoms. The maximum Gasteiger partial charge on any atom is 0.314 e. The van der Waals surface area contributed by atoms with Crippen LogP contribution in [0, 0.1) is 58.4 Å². The van der Waals surface area contributed by atoms with Gasteiger partial charge in [-0.3, -0.25) is 4.79 Å². The summed E-state index contributed by atoms with van der Waals surface area (Å²) < 4.78 is 125. The van der Waals surface area contributed by atoms with E-state index in [9.17, 15) is 39.9 Å². The number of ether oxygens (including phenoxy) is 2. The number of hydrogen-bond donors (Lipinski definition) is 0. The molecule has 1 aliphatic carbocycles. The molecule has 2 aromatic carbocycles. The normalized spacial score (nSPS) is 18.2. The third-order valence-electron chi connectivity index (χ3n) is 5.94. The Balaban J connectivity index is 2.05. The molecule has 11 heteroatoms. The quantitative estimate of drug-likeness (QED) is 0.187. The van der Waals surface area contributed by atoms with Crippen LogP contribution in [-0.2, 0) is 4.79 Å². The molecule has 34 heavy (non-hydrogen) atoms. The summed E-state index contributed by atoms with van der Waals surface area (Å²) in [6.45, 7) is 2.79. The Bertz CT molecular complexity index is 1050. The standard InChI is InChI=1S/C23H20F8O3/c1-3-9-5-7-10(8-6-9)23(32)34-22-19(30)15(26)12(16(27)20(22)31)11-13(24)17(28)21(33-4-2)18(29)14(11)25/h9-10H,3-8H2,1-2H3. The van der Waals surface area contributed by atoms with Gasteiger partial charge in [0.25, 0.3) is 0 Å². The SMILES string of the molecule is CCOc1c(F)c(F)c(-c2c(F)c(F)c(OC(=O)C3CCC(CC)CC3)c(F)c2F)c(F)c1F. The molecule has 3 nitrogen and oxygen atoms in total. The predicted octanol–water partition coefficient (Wildman–Crippen LogP) is 6.99. The first-order valence-corrected chi connectivity index (χ1v) is 10.6. The van der Waals surface area contributed by atoms with Crippen molar-refractivity contribution in [2.75, 3.05) is 6.61 Å². The number of carbonyl (C=O) groups is 1. The summed E-state index contributed by atoms with van der Waals surface area (Å²) >= 11 is 0. The molecule has 0 unspecified atom stereocenters. The van der Waals surface area contributed by atoms with Crippen LogP contribution >= 0.6 is 0 Å². The van der Waals surface area contributed by atoms with Crippen LogP contribution in [0.5, 0.6) is 11.5 Å². The molecule has 186 valence electrons. The lowest BCUT2D eigenvalue weighted by molar-refractivity contribution is -0.140. The van der Waals surface area contributed by atoms with Crippen LogP contribution < -0.4 is 9.47 Å². The minimum atomic E-state index is -2.41. The third kappa shape index (κ3) is 4.44. The van der Waals surface area contributed by atoms with Crippen molar-refractivity contribution >= 4 is 5.97 Å². The van der Waals surface area contributed by atoms with Crippen molar-refractivity contribution < 1.29 is 49.4 Å². The van der Waals surface area contributed by atoms with Gasteiger partial charge in [-0.2, -0.15) is 17.6 Å². The predicted molar refractivity (Wildman–Crippen MR) is 104 cm³/mol. The van der Waals surface area contributed by atoms with Crippen molar-refractivity contribution in [2.24, 2.45) is 11.8 Å². The Labute approximate surface area is 189 Å². The molecule has 0 N–H and O–H groups in total. The number of rotatable bonds is 6. The lowest BCUT2D eigenvalue weighted by Gasteiger charge is -2.26. The van der Waals surface area contributed by atoms with E-state index in [-0.39, 0.29) is 0 Å². The fourth-order valence-corrected chi connectivity index (χ4v) is 4.01. The van der Waals surface area contributed by atoms with Gasteiger partial charge >= 0.3 is 5.97 Å². The second-order valence-electron chi connectivity index (χ2n) is 7.90. The fourth-order valence-electron chi connectivity index (χ4n) is 4.01. The Morgan fingerprint density at radius 3 is 1.47 bits per heavy atom. The van der Waals surface area contributed by atoms with E-state index in [0.29, 0.717) is 31.6 Å². The first-order valence-electron chi connectivity index (χ1n) is 10.6. The van der Waals surface area contributed by atoms with Crippen LogP contribution in [0.15, 0.2) is 0 Å². The summed E-state index contributed by atoms with van der Waals surface area (Å²) in [7, 11) is 0. The van der Waals surface area contributed by atoms with Crippen molar-refractivity contribution in [3.8, 4) is 22.6 Å². The summed E-state index contributed by atoms with van der Waals surface area (Å²) in [6.07, 6.45) is 2.85. The van der Waals surface area contributed by atoms with Gasteiger partial charge in [-0.15, -0.1) is 0 Å². The molecule has 2 aromatic rings. The van der Waals surface area contributed by atoms with E-state index in [1.54, 1.807) is 0 Å². The van der Waals surface area contributed by atoms with Gasteiger partial charge in [-0.1, -0.05) is 13.3 Å². The van der Waals surface area contributed by atoms with Crippen molar-refractivity contribution in [3.05, 3.63) is 46.5 Å². The number of carbonyl (C=O) groups excluding carboxylic acids is 1. The summed E-state index contributed by atoms with van der Waals surface area (Å²) in [5.41, 5.74) is -4.07. The molecule has 0 aromatic heterocycles. The lowest BCUT2D eigenvalue weighted by atomic mass is 9.81. The van der Waals surface area contributed by atoms with E-state index in [4.69, 9.17) is 0 Å². The van der Waals surface area contributed by atoms with Gasteiger partial charge in [0.15, 0.2) is 29.0 Å². The lowest BCUT2D eigenvalue weighted by Crippen LogP contribution is -2.26. The van der Waals surface area contributed by atoms with Crippen LogP contribution in [0.4, 0.5) is 35.1 Å². The first-order chi connectivity index (χ1) is 16.0. The highest BCUT2D eigenvalue weighted by Gasteiger charge is 2.36. The highest BCUT2D eigenvalue weighted by molar-refractivity contribution is 5.76. The van der Waals surface area contributed by atoms with Gasteiger partial charge in [0.2, 0.25) is 29.0 Å². The average molecular weight is 496 g/mol. The smallest absolute Gasteiger partial charge is 0.314 e. The van der Waals surface area contributed by atoms with E-state index < -0.39 is 87.7 Å². The largest absolute Gasteiger partial charge is 0.488 e. The van der Waals surface area contributed by atoms with Gasteiger partial charge in [0, 0.05) is 0 Å². The summed E-state index contributed by atoms with van der Waals surface area (Å²) in [6, 6.07) is 0.